The highest BCUT2D eigenvalue weighted by Crippen LogP contribution is 2.14. The first-order valence-corrected chi connectivity index (χ1v) is 8.86. The number of carboxylic acids is 1. The lowest BCUT2D eigenvalue weighted by molar-refractivity contribution is -0.138. The number of fused-ring (bicyclic) bond motifs is 1. The smallest absolute Gasteiger partial charge is 0.335 e. The van der Waals surface area contributed by atoms with Crippen molar-refractivity contribution in [3.8, 4) is 5.69 Å². The van der Waals surface area contributed by atoms with Crippen LogP contribution >= 0.6 is 35.0 Å². The van der Waals surface area contributed by atoms with E-state index >= 15 is 0 Å². The van der Waals surface area contributed by atoms with E-state index < -0.39 is 23.3 Å². The van der Waals surface area contributed by atoms with Crippen LogP contribution in [0.2, 0.25) is 0 Å². The number of benzene rings is 2. The van der Waals surface area contributed by atoms with Crippen LogP contribution in [-0.4, -0.2) is 26.3 Å². The Labute approximate surface area is 174 Å². The lowest BCUT2D eigenvalue weighted by Crippen LogP contribution is -2.38. The van der Waals surface area contributed by atoms with Gasteiger partial charge in [-0.15, -0.1) is 12.4 Å². The van der Waals surface area contributed by atoms with Crippen molar-refractivity contribution in [2.75, 3.05) is 0 Å². The van der Waals surface area contributed by atoms with Crippen molar-refractivity contribution in [3.05, 3.63) is 72.4 Å². The van der Waals surface area contributed by atoms with Crippen molar-refractivity contribution in [1.82, 2.24) is 9.13 Å². The van der Waals surface area contributed by atoms with Gasteiger partial charge in [-0.25, -0.2) is 9.36 Å². The topological polar surface area (TPSA) is 107 Å². The van der Waals surface area contributed by atoms with Gasteiger partial charge in [0.2, 0.25) is 0 Å². The number of aromatic nitrogens is 2. The lowest BCUT2D eigenvalue weighted by Gasteiger charge is -2.12. The highest BCUT2D eigenvalue weighted by molar-refractivity contribution is 14.1. The molecule has 7 nitrogen and oxygen atoms in total. The van der Waals surface area contributed by atoms with E-state index in [1.54, 1.807) is 43.4 Å². The predicted molar refractivity (Wildman–Crippen MR) is 114 cm³/mol. The first-order chi connectivity index (χ1) is 12.3. The summed E-state index contributed by atoms with van der Waals surface area (Å²) in [6.45, 7) is 0. The molecule has 0 aliphatic rings. The molecule has 0 bridgehead atoms. The third-order valence-electron chi connectivity index (χ3n) is 4.20. The van der Waals surface area contributed by atoms with E-state index in [2.05, 4.69) is 22.6 Å². The Bertz CT molecular complexity index is 1120. The minimum Gasteiger partial charge on any atom is -0.480 e. The van der Waals surface area contributed by atoms with Crippen LogP contribution in [0.4, 0.5) is 0 Å². The number of aliphatic carboxylic acids is 1. The van der Waals surface area contributed by atoms with Crippen LogP contribution in [0.5, 0.6) is 0 Å². The van der Waals surface area contributed by atoms with Gasteiger partial charge in [0.15, 0.2) is 0 Å². The van der Waals surface area contributed by atoms with Crippen LogP contribution in [0.3, 0.4) is 0 Å². The van der Waals surface area contributed by atoms with Gasteiger partial charge in [-0.1, -0.05) is 12.1 Å². The second kappa shape index (κ2) is 8.24. The molecule has 0 fully saturated rings. The number of carbonyl (C=O) groups is 1. The maximum absolute atomic E-state index is 12.9. The molecule has 0 spiro atoms. The first-order valence-electron chi connectivity index (χ1n) is 7.78. The van der Waals surface area contributed by atoms with E-state index in [-0.39, 0.29) is 18.8 Å². The molecule has 3 rings (SSSR count). The molecule has 0 saturated heterocycles. The Morgan fingerprint density at radius 3 is 2.41 bits per heavy atom. The van der Waals surface area contributed by atoms with Crippen molar-refractivity contribution < 1.29 is 9.90 Å². The summed E-state index contributed by atoms with van der Waals surface area (Å²) >= 11 is 2.12. The van der Waals surface area contributed by atoms with Crippen LogP contribution in [-0.2, 0) is 18.3 Å². The summed E-state index contributed by atoms with van der Waals surface area (Å²) in [5.41, 5.74) is 6.40. The summed E-state index contributed by atoms with van der Waals surface area (Å²) in [6.07, 6.45) is 0.165. The SMILES string of the molecule is Cl.Cn1c(=O)n(-c2ccc(C[C@H](N)C(=O)O)cc2)c(=O)c2cc(I)ccc21. The van der Waals surface area contributed by atoms with Crippen LogP contribution in [0, 0.1) is 3.57 Å². The third kappa shape index (κ3) is 4.07. The van der Waals surface area contributed by atoms with Crippen LogP contribution < -0.4 is 17.0 Å². The molecule has 0 aliphatic carbocycles. The van der Waals surface area contributed by atoms with Crippen LogP contribution in [0.15, 0.2) is 52.1 Å². The second-order valence-corrected chi connectivity index (χ2v) is 7.20. The van der Waals surface area contributed by atoms with E-state index in [0.29, 0.717) is 22.2 Å². The molecule has 0 amide bonds. The zero-order chi connectivity index (χ0) is 19.0. The summed E-state index contributed by atoms with van der Waals surface area (Å²) in [7, 11) is 1.62. The number of nitrogens with two attached hydrogens (primary N) is 1. The van der Waals surface area contributed by atoms with E-state index in [0.717, 1.165) is 8.14 Å². The number of rotatable bonds is 4. The Hall–Kier alpha value is -2.17. The molecule has 3 N–H and O–H groups in total. The Morgan fingerprint density at radius 2 is 1.81 bits per heavy atom. The Balaban J connectivity index is 0.00000261. The number of aryl methyl sites for hydroxylation is 1. The molecule has 0 radical (unpaired) electrons. The summed E-state index contributed by atoms with van der Waals surface area (Å²) in [4.78, 5) is 36.4. The number of nitrogens with zero attached hydrogens (tertiary/aromatic N) is 2. The molecule has 2 aromatic carbocycles. The maximum atomic E-state index is 12.9. The van der Waals surface area contributed by atoms with E-state index in [1.807, 2.05) is 6.07 Å². The monoisotopic (exact) mass is 501 g/mol. The highest BCUT2D eigenvalue weighted by atomic mass is 127. The second-order valence-electron chi connectivity index (χ2n) is 5.96. The fourth-order valence-electron chi connectivity index (χ4n) is 2.78. The van der Waals surface area contributed by atoms with Gasteiger partial charge >= 0.3 is 11.7 Å². The van der Waals surface area contributed by atoms with Gasteiger partial charge in [0.1, 0.15) is 6.04 Å². The van der Waals surface area contributed by atoms with Crippen molar-refractivity contribution in [2.45, 2.75) is 12.5 Å². The van der Waals surface area contributed by atoms with Crippen molar-refractivity contribution >= 4 is 51.9 Å². The average molecular weight is 502 g/mol. The molecule has 1 heterocycles. The lowest BCUT2D eigenvalue weighted by atomic mass is 10.1. The molecule has 0 aliphatic heterocycles. The Kier molecular flexibility index (Phi) is 6.45. The fraction of sp³-hybridized carbons (Fsp3) is 0.167. The van der Waals surface area contributed by atoms with Gasteiger partial charge in [-0.2, -0.15) is 0 Å². The molecule has 0 unspecified atom stereocenters. The fourth-order valence-corrected chi connectivity index (χ4v) is 3.27. The minimum absolute atomic E-state index is 0. The van der Waals surface area contributed by atoms with Gasteiger partial charge in [-0.05, 0) is 64.9 Å². The zero-order valence-electron chi connectivity index (χ0n) is 14.3. The first kappa shape index (κ1) is 21.1. The summed E-state index contributed by atoms with van der Waals surface area (Å²) in [5.74, 6) is -1.08. The molecule has 142 valence electrons. The van der Waals surface area contributed by atoms with Crippen molar-refractivity contribution in [2.24, 2.45) is 12.8 Å². The largest absolute Gasteiger partial charge is 0.480 e. The molecule has 9 heteroatoms. The number of hydrogen-bond donors (Lipinski definition) is 2. The van der Waals surface area contributed by atoms with Gasteiger partial charge in [0.25, 0.3) is 5.56 Å². The summed E-state index contributed by atoms with van der Waals surface area (Å²) in [5, 5.41) is 9.34. The Morgan fingerprint density at radius 1 is 1.19 bits per heavy atom. The quantitative estimate of drug-likeness (QED) is 0.529. The molecular weight excluding hydrogens is 485 g/mol. The van der Waals surface area contributed by atoms with Gasteiger partial charge in [0, 0.05) is 10.6 Å². The van der Waals surface area contributed by atoms with Crippen LogP contribution in [0.1, 0.15) is 5.56 Å². The number of hydrogen-bond acceptors (Lipinski definition) is 4. The van der Waals surface area contributed by atoms with Gasteiger partial charge in [-0.3, -0.25) is 14.2 Å². The average Bonchev–Trinajstić information content (AvgIpc) is 2.61. The van der Waals surface area contributed by atoms with E-state index in [1.165, 1.54) is 4.57 Å². The normalized spacial score (nSPS) is 11.8. The van der Waals surface area contributed by atoms with Gasteiger partial charge in [0.05, 0.1) is 16.6 Å². The molecule has 27 heavy (non-hydrogen) atoms. The summed E-state index contributed by atoms with van der Waals surface area (Å²) in [6, 6.07) is 10.9. The third-order valence-corrected chi connectivity index (χ3v) is 4.87. The molecule has 3 aromatic rings. The van der Waals surface area contributed by atoms with Gasteiger partial charge < -0.3 is 10.8 Å². The number of halogens is 2. The van der Waals surface area contributed by atoms with E-state index in [9.17, 15) is 14.4 Å². The van der Waals surface area contributed by atoms with E-state index in [4.69, 9.17) is 10.8 Å². The van der Waals surface area contributed by atoms with Crippen molar-refractivity contribution in [1.29, 1.82) is 0 Å². The molecule has 1 aromatic heterocycles. The maximum Gasteiger partial charge on any atom is 0.335 e. The predicted octanol–water partition coefficient (Wildman–Crippen LogP) is 1.67. The molecular formula is C18H17ClIN3O4. The molecule has 1 atom stereocenters. The standard InChI is InChI=1S/C18H16IN3O4.ClH/c1-21-15-7-4-11(19)9-13(15)16(23)22(18(21)26)12-5-2-10(3-6-12)8-14(20)17(24)25;/h2-7,9,14H,8,20H2,1H3,(H,24,25);1H/t14-;/m0./s1. The highest BCUT2D eigenvalue weighted by Gasteiger charge is 2.14. The number of carboxylic acid groups (broad SMARTS) is 1. The summed E-state index contributed by atoms with van der Waals surface area (Å²) < 4.78 is 3.44. The molecule has 0 saturated carbocycles. The van der Waals surface area contributed by atoms with Crippen molar-refractivity contribution in [3.63, 3.8) is 0 Å². The zero-order valence-corrected chi connectivity index (χ0v) is 17.2. The van der Waals surface area contributed by atoms with Crippen LogP contribution in [0.25, 0.3) is 16.6 Å². The minimum atomic E-state index is -1.08.